The summed E-state index contributed by atoms with van der Waals surface area (Å²) in [6, 6.07) is 6.08. The number of aliphatic hydroxyl groups is 1. The number of rotatable bonds is 9. The lowest BCUT2D eigenvalue weighted by Crippen LogP contribution is -2.50. The molecule has 1 aromatic rings. The van der Waals surface area contributed by atoms with Crippen molar-refractivity contribution in [2.45, 2.75) is 45.3 Å². The fourth-order valence-corrected chi connectivity index (χ4v) is 3.24. The Morgan fingerprint density at radius 1 is 1.23 bits per heavy atom. The highest BCUT2D eigenvalue weighted by Crippen LogP contribution is 2.14. The van der Waals surface area contributed by atoms with Gasteiger partial charge in [0, 0.05) is 32.2 Å². The number of nitrogens with zero attached hydrogens (tertiary/aromatic N) is 2. The van der Waals surface area contributed by atoms with Gasteiger partial charge in [-0.05, 0) is 43.9 Å². The van der Waals surface area contributed by atoms with Crippen molar-refractivity contribution in [3.05, 3.63) is 35.6 Å². The Balaban J connectivity index is 0.00000450. The monoisotopic (exact) mass is 535 g/mol. The Hall–Kier alpha value is -1.46. The molecular formula is C21H35FIN5O2. The number of benzene rings is 1. The lowest BCUT2D eigenvalue weighted by molar-refractivity contribution is -0.122. The number of carbonyl (C=O) groups is 1. The number of likely N-dealkylation sites (tertiary alicyclic amines) is 1. The van der Waals surface area contributed by atoms with E-state index >= 15 is 0 Å². The molecule has 4 N–H and O–H groups in total. The maximum atomic E-state index is 13.0. The van der Waals surface area contributed by atoms with Crippen LogP contribution in [0.25, 0.3) is 0 Å². The van der Waals surface area contributed by atoms with Gasteiger partial charge in [0.05, 0.1) is 19.2 Å². The molecule has 1 aliphatic rings. The summed E-state index contributed by atoms with van der Waals surface area (Å²) in [6.07, 6.45) is 2.01. The SMILES string of the molecule is CCCNC(=O)CN1CCC(NC(=NCC(O)c2ccc(F)cc2)NCC)CC1.I. The van der Waals surface area contributed by atoms with Gasteiger partial charge in [-0.25, -0.2) is 4.39 Å². The maximum Gasteiger partial charge on any atom is 0.234 e. The van der Waals surface area contributed by atoms with Crippen LogP contribution in [0.2, 0.25) is 0 Å². The number of aliphatic imine (C=N–C) groups is 1. The lowest BCUT2D eigenvalue weighted by atomic mass is 10.1. The Morgan fingerprint density at radius 3 is 2.50 bits per heavy atom. The second-order valence-corrected chi connectivity index (χ2v) is 7.33. The van der Waals surface area contributed by atoms with Gasteiger partial charge in [-0.15, -0.1) is 24.0 Å². The van der Waals surface area contributed by atoms with Crippen LogP contribution in [0.3, 0.4) is 0 Å². The van der Waals surface area contributed by atoms with Crippen LogP contribution in [0.4, 0.5) is 4.39 Å². The van der Waals surface area contributed by atoms with Crippen LogP contribution in [-0.4, -0.2) is 67.2 Å². The summed E-state index contributed by atoms with van der Waals surface area (Å²) in [5.41, 5.74) is 0.639. The summed E-state index contributed by atoms with van der Waals surface area (Å²) in [5.74, 6) is 0.421. The van der Waals surface area contributed by atoms with Gasteiger partial charge in [-0.2, -0.15) is 0 Å². The number of nitrogens with one attached hydrogen (secondary N) is 3. The average Bonchev–Trinajstić information content (AvgIpc) is 2.72. The summed E-state index contributed by atoms with van der Waals surface area (Å²) in [5, 5.41) is 19.8. The van der Waals surface area contributed by atoms with Gasteiger partial charge in [-0.1, -0.05) is 19.1 Å². The summed E-state index contributed by atoms with van der Waals surface area (Å²) in [6.45, 7) is 7.83. The number of amides is 1. The summed E-state index contributed by atoms with van der Waals surface area (Å²) in [7, 11) is 0. The minimum Gasteiger partial charge on any atom is -0.386 e. The van der Waals surface area contributed by atoms with Gasteiger partial charge in [0.15, 0.2) is 5.96 Å². The third kappa shape index (κ3) is 9.57. The molecule has 1 fully saturated rings. The first kappa shape index (κ1) is 26.6. The van der Waals surface area contributed by atoms with Gasteiger partial charge >= 0.3 is 0 Å². The standard InChI is InChI=1S/C21H34FN5O2.HI/c1-3-11-24-20(29)15-27-12-9-18(10-13-27)26-21(23-4-2)25-14-19(28)16-5-7-17(22)8-6-16;/h5-8,18-19,28H,3-4,9-15H2,1-2H3,(H,24,29)(H2,23,25,26);1H. The number of carbonyl (C=O) groups excluding carboxylic acids is 1. The van der Waals surface area contributed by atoms with Crippen LogP contribution in [0.15, 0.2) is 29.3 Å². The molecule has 0 spiro atoms. The second kappa shape index (κ2) is 14.5. The molecule has 1 aromatic carbocycles. The fourth-order valence-electron chi connectivity index (χ4n) is 3.24. The van der Waals surface area contributed by atoms with Gasteiger partial charge in [0.1, 0.15) is 5.82 Å². The third-order valence-corrected chi connectivity index (χ3v) is 4.89. The van der Waals surface area contributed by atoms with Crippen LogP contribution in [0.5, 0.6) is 0 Å². The number of hydrogen-bond donors (Lipinski definition) is 4. The van der Waals surface area contributed by atoms with Crippen LogP contribution < -0.4 is 16.0 Å². The van der Waals surface area contributed by atoms with Crippen molar-refractivity contribution in [1.29, 1.82) is 0 Å². The Bertz CT molecular complexity index is 651. The van der Waals surface area contributed by atoms with Crippen molar-refractivity contribution < 1.29 is 14.3 Å². The van der Waals surface area contributed by atoms with E-state index in [1.165, 1.54) is 12.1 Å². The molecule has 30 heavy (non-hydrogen) atoms. The molecule has 7 nitrogen and oxygen atoms in total. The molecule has 1 saturated heterocycles. The molecule has 1 unspecified atom stereocenters. The largest absolute Gasteiger partial charge is 0.386 e. The summed E-state index contributed by atoms with van der Waals surface area (Å²) in [4.78, 5) is 18.5. The second-order valence-electron chi connectivity index (χ2n) is 7.33. The van der Waals surface area contributed by atoms with Gasteiger partial charge in [-0.3, -0.25) is 14.7 Å². The first-order chi connectivity index (χ1) is 14.0. The highest BCUT2D eigenvalue weighted by Gasteiger charge is 2.21. The van der Waals surface area contributed by atoms with Crippen molar-refractivity contribution >= 4 is 35.8 Å². The predicted molar refractivity (Wildman–Crippen MR) is 129 cm³/mol. The number of piperidine rings is 1. The molecule has 1 amide bonds. The minimum absolute atomic E-state index is 0. The minimum atomic E-state index is -0.783. The Kier molecular flexibility index (Phi) is 12.9. The molecule has 1 atom stereocenters. The molecule has 170 valence electrons. The molecule has 0 aliphatic carbocycles. The van der Waals surface area contributed by atoms with Gasteiger partial charge in [0.25, 0.3) is 0 Å². The van der Waals surface area contributed by atoms with E-state index in [0.717, 1.165) is 45.4 Å². The molecule has 2 rings (SSSR count). The molecule has 1 aliphatic heterocycles. The van der Waals surface area contributed by atoms with Crippen LogP contribution >= 0.6 is 24.0 Å². The third-order valence-electron chi connectivity index (χ3n) is 4.89. The number of aliphatic hydroxyl groups excluding tert-OH is 1. The van der Waals surface area contributed by atoms with E-state index in [9.17, 15) is 14.3 Å². The van der Waals surface area contributed by atoms with Crippen molar-refractivity contribution in [3.63, 3.8) is 0 Å². The molecule has 0 aromatic heterocycles. The fraction of sp³-hybridized carbons (Fsp3) is 0.619. The van der Waals surface area contributed by atoms with E-state index < -0.39 is 6.10 Å². The first-order valence-corrected chi connectivity index (χ1v) is 10.5. The molecule has 0 radical (unpaired) electrons. The zero-order chi connectivity index (χ0) is 21.1. The molecule has 9 heteroatoms. The highest BCUT2D eigenvalue weighted by molar-refractivity contribution is 14.0. The van der Waals surface area contributed by atoms with E-state index in [2.05, 4.69) is 25.8 Å². The molecule has 0 saturated carbocycles. The van der Waals surface area contributed by atoms with Crippen molar-refractivity contribution in [1.82, 2.24) is 20.9 Å². The Morgan fingerprint density at radius 2 is 1.90 bits per heavy atom. The number of hydrogen-bond acceptors (Lipinski definition) is 4. The number of guanidine groups is 1. The topological polar surface area (TPSA) is 89.0 Å². The molecular weight excluding hydrogens is 500 g/mol. The van der Waals surface area contributed by atoms with Crippen molar-refractivity contribution in [2.75, 3.05) is 39.3 Å². The Labute approximate surface area is 195 Å². The zero-order valence-corrected chi connectivity index (χ0v) is 20.2. The van der Waals surface area contributed by atoms with E-state index in [0.29, 0.717) is 18.1 Å². The normalized spacial score (nSPS) is 16.5. The van der Waals surface area contributed by atoms with E-state index in [1.807, 2.05) is 13.8 Å². The quantitative estimate of drug-likeness (QED) is 0.221. The van der Waals surface area contributed by atoms with Crippen LogP contribution in [0.1, 0.15) is 44.8 Å². The van der Waals surface area contributed by atoms with Crippen LogP contribution in [0, 0.1) is 5.82 Å². The van der Waals surface area contributed by atoms with Gasteiger partial charge in [0.2, 0.25) is 5.91 Å². The summed E-state index contributed by atoms with van der Waals surface area (Å²) >= 11 is 0. The van der Waals surface area contributed by atoms with E-state index in [4.69, 9.17) is 0 Å². The smallest absolute Gasteiger partial charge is 0.234 e. The highest BCUT2D eigenvalue weighted by atomic mass is 127. The molecule has 1 heterocycles. The van der Waals surface area contributed by atoms with E-state index in [1.54, 1.807) is 12.1 Å². The lowest BCUT2D eigenvalue weighted by Gasteiger charge is -2.32. The van der Waals surface area contributed by atoms with Gasteiger partial charge < -0.3 is 21.1 Å². The first-order valence-electron chi connectivity index (χ1n) is 10.5. The van der Waals surface area contributed by atoms with Crippen molar-refractivity contribution in [2.24, 2.45) is 4.99 Å². The van der Waals surface area contributed by atoms with E-state index in [-0.39, 0.29) is 48.3 Å². The average molecular weight is 535 g/mol. The zero-order valence-electron chi connectivity index (χ0n) is 17.9. The maximum absolute atomic E-state index is 13.0. The molecule has 0 bridgehead atoms. The predicted octanol–water partition coefficient (Wildman–Crippen LogP) is 2.02. The van der Waals surface area contributed by atoms with Crippen molar-refractivity contribution in [3.8, 4) is 0 Å². The van der Waals surface area contributed by atoms with Crippen LogP contribution in [-0.2, 0) is 4.79 Å². The number of halogens is 2. The summed E-state index contributed by atoms with van der Waals surface area (Å²) < 4.78 is 13.0.